The molecule has 0 radical (unpaired) electrons. The van der Waals surface area contributed by atoms with Crippen molar-refractivity contribution < 1.29 is 14.3 Å². The van der Waals surface area contributed by atoms with Crippen LogP contribution in [0.15, 0.2) is 0 Å². The number of amides is 1. The Balaban J connectivity index is 4.79. The predicted molar refractivity (Wildman–Crippen MR) is 216 cm³/mol. The summed E-state index contributed by atoms with van der Waals surface area (Å²) in [6.45, 7) is 24.2. The summed E-state index contributed by atoms with van der Waals surface area (Å²) in [7, 11) is 0. The second-order valence-corrected chi connectivity index (χ2v) is 17.4. The number of carbonyl (C=O) groups excluding carboxylic acids is 1. The van der Waals surface area contributed by atoms with Gasteiger partial charge in [0, 0.05) is 17.7 Å². The molecule has 1 amide bonds. The summed E-state index contributed by atoms with van der Waals surface area (Å²) in [5.41, 5.74) is -0.570. The van der Waals surface area contributed by atoms with E-state index in [4.69, 9.17) is 9.47 Å². The maximum atomic E-state index is 13.1. The van der Waals surface area contributed by atoms with Crippen molar-refractivity contribution in [1.82, 2.24) is 10.6 Å². The van der Waals surface area contributed by atoms with Crippen molar-refractivity contribution in [2.45, 2.75) is 258 Å². The zero-order valence-electron chi connectivity index (χ0n) is 35.2. The lowest BCUT2D eigenvalue weighted by Gasteiger charge is -2.34. The normalized spacial score (nSPS) is 12.9. The van der Waals surface area contributed by atoms with E-state index in [1.54, 1.807) is 0 Å². The number of unbranched alkanes of at least 4 members (excludes halogenated alkanes) is 16. The van der Waals surface area contributed by atoms with Crippen LogP contribution in [0, 0.1) is 0 Å². The molecular formula is C44H90N2O3. The van der Waals surface area contributed by atoms with Crippen LogP contribution in [0.4, 0.5) is 0 Å². The van der Waals surface area contributed by atoms with E-state index in [0.717, 1.165) is 32.2 Å². The van der Waals surface area contributed by atoms with E-state index in [1.165, 1.54) is 141 Å². The third-order valence-corrected chi connectivity index (χ3v) is 10.8. The summed E-state index contributed by atoms with van der Waals surface area (Å²) in [5, 5.41) is 7.24. The minimum atomic E-state index is -0.348. The van der Waals surface area contributed by atoms with Gasteiger partial charge in [0.05, 0.1) is 11.2 Å². The molecule has 0 saturated carbocycles. The molecule has 0 aromatic carbocycles. The molecule has 49 heavy (non-hydrogen) atoms. The Morgan fingerprint density at radius 3 is 1.33 bits per heavy atom. The Bertz CT molecular complexity index is 737. The van der Waals surface area contributed by atoms with Gasteiger partial charge in [0.2, 0.25) is 5.91 Å². The monoisotopic (exact) mass is 695 g/mol. The fourth-order valence-corrected chi connectivity index (χ4v) is 7.05. The van der Waals surface area contributed by atoms with Crippen molar-refractivity contribution in [2.75, 3.05) is 19.8 Å². The number of ether oxygens (including phenoxy) is 2. The number of carbonyl (C=O) groups is 1. The van der Waals surface area contributed by atoms with Gasteiger partial charge in [-0.2, -0.15) is 0 Å². The van der Waals surface area contributed by atoms with Gasteiger partial charge in [0.25, 0.3) is 0 Å². The van der Waals surface area contributed by atoms with Gasteiger partial charge in [0.1, 0.15) is 6.61 Å². The summed E-state index contributed by atoms with van der Waals surface area (Å²) in [6, 6.07) is 0. The van der Waals surface area contributed by atoms with Crippen LogP contribution in [0.2, 0.25) is 0 Å². The van der Waals surface area contributed by atoms with Gasteiger partial charge in [-0.1, -0.05) is 156 Å². The first kappa shape index (κ1) is 48.3. The molecule has 0 heterocycles. The topological polar surface area (TPSA) is 59.6 Å². The quantitative estimate of drug-likeness (QED) is 0.0641. The Labute approximate surface area is 308 Å². The molecular weight excluding hydrogens is 604 g/mol. The van der Waals surface area contributed by atoms with E-state index in [2.05, 4.69) is 79.9 Å². The number of rotatable bonds is 36. The minimum Gasteiger partial charge on any atom is -0.375 e. The molecule has 0 bridgehead atoms. The Kier molecular flexibility index (Phi) is 28.5. The molecule has 0 fully saturated rings. The van der Waals surface area contributed by atoms with E-state index in [9.17, 15) is 4.79 Å². The summed E-state index contributed by atoms with van der Waals surface area (Å²) in [6.07, 6.45) is 32.4. The van der Waals surface area contributed by atoms with Crippen LogP contribution < -0.4 is 10.6 Å². The van der Waals surface area contributed by atoms with Crippen LogP contribution in [-0.2, 0) is 14.3 Å². The maximum absolute atomic E-state index is 13.1. The van der Waals surface area contributed by atoms with Crippen molar-refractivity contribution in [3.8, 4) is 0 Å². The predicted octanol–water partition coefficient (Wildman–Crippen LogP) is 13.0. The molecule has 0 saturated heterocycles. The number of nitrogens with one attached hydrogen (secondary N) is 2. The van der Waals surface area contributed by atoms with Crippen LogP contribution in [0.25, 0.3) is 0 Å². The first-order chi connectivity index (χ1) is 23.3. The summed E-state index contributed by atoms with van der Waals surface area (Å²) < 4.78 is 12.9. The lowest BCUT2D eigenvalue weighted by molar-refractivity contribution is -0.135. The molecule has 5 heteroatoms. The van der Waals surface area contributed by atoms with Gasteiger partial charge >= 0.3 is 0 Å². The fourth-order valence-electron chi connectivity index (χ4n) is 7.05. The van der Waals surface area contributed by atoms with Crippen LogP contribution in [0.1, 0.15) is 236 Å². The van der Waals surface area contributed by atoms with Gasteiger partial charge in [-0.05, 0) is 86.6 Å². The average Bonchev–Trinajstić information content (AvgIpc) is 3.03. The highest BCUT2D eigenvalue weighted by Gasteiger charge is 2.29. The first-order valence-corrected chi connectivity index (χ1v) is 21.6. The lowest BCUT2D eigenvalue weighted by Crippen LogP contribution is -2.47. The van der Waals surface area contributed by atoms with Gasteiger partial charge < -0.3 is 20.1 Å². The summed E-state index contributed by atoms with van der Waals surface area (Å²) in [5.74, 6) is -0.0136. The molecule has 0 aromatic heterocycles. The Hall–Kier alpha value is -0.650. The van der Waals surface area contributed by atoms with E-state index < -0.39 is 0 Å². The molecule has 0 aliphatic rings. The van der Waals surface area contributed by atoms with Crippen molar-refractivity contribution in [2.24, 2.45) is 0 Å². The molecule has 0 unspecified atom stereocenters. The van der Waals surface area contributed by atoms with Gasteiger partial charge in [-0.15, -0.1) is 0 Å². The average molecular weight is 695 g/mol. The molecule has 2 N–H and O–H groups in total. The zero-order valence-corrected chi connectivity index (χ0v) is 35.2. The highest BCUT2D eigenvalue weighted by molar-refractivity contribution is 5.78. The SMILES string of the molecule is CCCCCCCC(C)(CCCCCCC)NCCC(C)(C)OCCC(C)(C)NC(=O)COC(C)(CCCCCCC)CCCCCCC. The minimum absolute atomic E-state index is 0.0136. The van der Waals surface area contributed by atoms with E-state index >= 15 is 0 Å². The lowest BCUT2D eigenvalue weighted by atomic mass is 9.87. The van der Waals surface area contributed by atoms with Crippen LogP contribution in [-0.4, -0.2) is 47.9 Å². The van der Waals surface area contributed by atoms with Crippen molar-refractivity contribution in [3.05, 3.63) is 0 Å². The van der Waals surface area contributed by atoms with Gasteiger partial charge in [-0.3, -0.25) is 4.79 Å². The number of hydrogen-bond donors (Lipinski definition) is 2. The smallest absolute Gasteiger partial charge is 0.246 e. The first-order valence-electron chi connectivity index (χ1n) is 21.6. The second-order valence-electron chi connectivity index (χ2n) is 17.4. The van der Waals surface area contributed by atoms with E-state index in [-0.39, 0.29) is 34.8 Å². The van der Waals surface area contributed by atoms with Crippen LogP contribution in [0.5, 0.6) is 0 Å². The summed E-state index contributed by atoms with van der Waals surface area (Å²) >= 11 is 0. The highest BCUT2D eigenvalue weighted by Crippen LogP contribution is 2.28. The van der Waals surface area contributed by atoms with Crippen LogP contribution >= 0.6 is 0 Å². The zero-order chi connectivity index (χ0) is 36.9. The standard InChI is InChI=1S/C44H90N2O3/c1-11-15-19-23-27-31-43(9,32-28-24-20-16-12-2)45-37-35-42(7,8)48-38-36-41(5,6)46-40(47)39-49-44(10,33-29-25-21-17-13-3)34-30-26-22-18-14-4/h45H,11-39H2,1-10H3,(H,46,47). The molecule has 0 rings (SSSR count). The second kappa shape index (κ2) is 28.9. The molecule has 0 spiro atoms. The summed E-state index contributed by atoms with van der Waals surface area (Å²) in [4.78, 5) is 13.1. The van der Waals surface area contributed by atoms with Crippen molar-refractivity contribution in [3.63, 3.8) is 0 Å². The molecule has 0 aromatic rings. The molecule has 0 atom stereocenters. The molecule has 0 aliphatic heterocycles. The third kappa shape index (κ3) is 28.6. The third-order valence-electron chi connectivity index (χ3n) is 10.8. The van der Waals surface area contributed by atoms with Gasteiger partial charge in [-0.25, -0.2) is 0 Å². The molecule has 0 aliphatic carbocycles. The largest absolute Gasteiger partial charge is 0.375 e. The van der Waals surface area contributed by atoms with E-state index in [0.29, 0.717) is 6.61 Å². The van der Waals surface area contributed by atoms with E-state index in [1.807, 2.05) is 0 Å². The Morgan fingerprint density at radius 1 is 0.490 bits per heavy atom. The maximum Gasteiger partial charge on any atom is 0.246 e. The molecule has 5 nitrogen and oxygen atoms in total. The highest BCUT2D eigenvalue weighted by atomic mass is 16.5. The van der Waals surface area contributed by atoms with Crippen molar-refractivity contribution >= 4 is 5.91 Å². The number of hydrogen-bond acceptors (Lipinski definition) is 4. The van der Waals surface area contributed by atoms with Crippen LogP contribution in [0.3, 0.4) is 0 Å². The Morgan fingerprint density at radius 2 is 0.898 bits per heavy atom. The molecule has 294 valence electrons. The fraction of sp³-hybridized carbons (Fsp3) is 0.977. The van der Waals surface area contributed by atoms with Crippen molar-refractivity contribution in [1.29, 1.82) is 0 Å². The van der Waals surface area contributed by atoms with Gasteiger partial charge in [0.15, 0.2) is 0 Å².